The van der Waals surface area contributed by atoms with Gasteiger partial charge in [0.1, 0.15) is 5.82 Å². The monoisotopic (exact) mass is 393 g/mol. The molecule has 0 aliphatic rings. The molecule has 0 heterocycles. The maximum Gasteiger partial charge on any atom is 0.242 e. The van der Waals surface area contributed by atoms with Crippen molar-refractivity contribution in [1.29, 1.82) is 0 Å². The molecule has 8 heteroatoms. The molecule has 0 unspecified atom stereocenters. The second-order valence-corrected chi connectivity index (χ2v) is 8.57. The Balaban J connectivity index is 2.08. The molecule has 2 aromatic rings. The maximum absolute atomic E-state index is 13.6. The summed E-state index contributed by atoms with van der Waals surface area (Å²) in [6.07, 6.45) is 0. The minimum Gasteiger partial charge on any atom is -0.376 e. The van der Waals surface area contributed by atoms with E-state index < -0.39 is 10.0 Å². The molecule has 0 aliphatic heterocycles. The first-order chi connectivity index (χ1) is 12.6. The van der Waals surface area contributed by atoms with Gasteiger partial charge in [0.15, 0.2) is 0 Å². The number of aryl methyl sites for hydroxylation is 1. The van der Waals surface area contributed by atoms with Crippen LogP contribution >= 0.6 is 0 Å². The molecule has 0 bridgehead atoms. The number of nitrogens with one attached hydrogen (secondary N) is 2. The first-order valence-corrected chi connectivity index (χ1v) is 9.84. The van der Waals surface area contributed by atoms with E-state index >= 15 is 0 Å². The third kappa shape index (κ3) is 5.05. The summed E-state index contributed by atoms with van der Waals surface area (Å²) in [4.78, 5) is 12.2. The van der Waals surface area contributed by atoms with Crippen LogP contribution in [0.25, 0.3) is 0 Å². The molecule has 2 N–H and O–H groups in total. The van der Waals surface area contributed by atoms with Crippen molar-refractivity contribution < 1.29 is 17.6 Å². The van der Waals surface area contributed by atoms with Gasteiger partial charge in [-0.15, -0.1) is 0 Å². The molecule has 0 atom stereocenters. The largest absolute Gasteiger partial charge is 0.376 e. The summed E-state index contributed by atoms with van der Waals surface area (Å²) in [5.41, 5.74) is 2.62. The van der Waals surface area contributed by atoms with Crippen molar-refractivity contribution in [1.82, 2.24) is 9.62 Å². The zero-order valence-corrected chi connectivity index (χ0v) is 16.7. The number of carbonyl (C=O) groups is 1. The molecular formula is C19H24FN3O3S. The first kappa shape index (κ1) is 20.9. The van der Waals surface area contributed by atoms with E-state index in [1.807, 2.05) is 13.8 Å². The fourth-order valence-electron chi connectivity index (χ4n) is 2.44. The fraction of sp³-hybridized carbons (Fsp3) is 0.316. The third-order valence-electron chi connectivity index (χ3n) is 4.29. The number of anilines is 1. The number of rotatable bonds is 7. The molecule has 0 spiro atoms. The SMILES string of the molecule is Cc1cc(S(=O)(=O)N(C)C)cc(NCC(=O)NCc2ccccc2F)c1C. The lowest BCUT2D eigenvalue weighted by atomic mass is 10.1. The van der Waals surface area contributed by atoms with Crippen molar-refractivity contribution in [3.63, 3.8) is 0 Å². The molecule has 2 rings (SSSR count). The molecule has 0 aromatic heterocycles. The van der Waals surface area contributed by atoms with Gasteiger partial charge >= 0.3 is 0 Å². The second kappa shape index (κ2) is 8.49. The molecule has 6 nitrogen and oxygen atoms in total. The average Bonchev–Trinajstić information content (AvgIpc) is 2.61. The highest BCUT2D eigenvalue weighted by atomic mass is 32.2. The summed E-state index contributed by atoms with van der Waals surface area (Å²) in [6, 6.07) is 9.35. The van der Waals surface area contributed by atoms with Crippen LogP contribution in [-0.4, -0.2) is 39.3 Å². The van der Waals surface area contributed by atoms with Crippen LogP contribution in [0.15, 0.2) is 41.3 Å². The Labute approximate surface area is 159 Å². The summed E-state index contributed by atoms with van der Waals surface area (Å²) in [7, 11) is -0.645. The van der Waals surface area contributed by atoms with Crippen molar-refractivity contribution in [3.8, 4) is 0 Å². The quantitative estimate of drug-likeness (QED) is 0.757. The van der Waals surface area contributed by atoms with Crippen LogP contribution in [-0.2, 0) is 21.4 Å². The molecule has 0 saturated heterocycles. The minimum atomic E-state index is -3.58. The first-order valence-electron chi connectivity index (χ1n) is 8.40. The van der Waals surface area contributed by atoms with E-state index in [1.54, 1.807) is 24.3 Å². The number of hydrogen-bond donors (Lipinski definition) is 2. The molecule has 146 valence electrons. The van der Waals surface area contributed by atoms with E-state index in [1.165, 1.54) is 26.2 Å². The highest BCUT2D eigenvalue weighted by Gasteiger charge is 2.19. The van der Waals surface area contributed by atoms with Crippen molar-refractivity contribution in [2.75, 3.05) is 26.0 Å². The van der Waals surface area contributed by atoms with Gasteiger partial charge in [-0.25, -0.2) is 17.1 Å². The van der Waals surface area contributed by atoms with Gasteiger partial charge < -0.3 is 10.6 Å². The lowest BCUT2D eigenvalue weighted by molar-refractivity contribution is -0.119. The van der Waals surface area contributed by atoms with Gasteiger partial charge in [0.05, 0.1) is 11.4 Å². The van der Waals surface area contributed by atoms with Gasteiger partial charge in [0, 0.05) is 31.9 Å². The number of benzene rings is 2. The van der Waals surface area contributed by atoms with Crippen molar-refractivity contribution in [3.05, 3.63) is 58.9 Å². The highest BCUT2D eigenvalue weighted by Crippen LogP contribution is 2.25. The molecule has 27 heavy (non-hydrogen) atoms. The van der Waals surface area contributed by atoms with Gasteiger partial charge in [-0.05, 0) is 43.2 Å². The number of hydrogen-bond acceptors (Lipinski definition) is 4. The van der Waals surface area contributed by atoms with Crippen molar-refractivity contribution in [2.45, 2.75) is 25.3 Å². The molecular weight excluding hydrogens is 369 g/mol. The third-order valence-corrected chi connectivity index (χ3v) is 6.09. The summed E-state index contributed by atoms with van der Waals surface area (Å²) >= 11 is 0. The second-order valence-electron chi connectivity index (χ2n) is 6.42. The Morgan fingerprint density at radius 1 is 1.15 bits per heavy atom. The predicted octanol–water partition coefficient (Wildman–Crippen LogP) is 2.42. The van der Waals surface area contributed by atoms with Gasteiger partial charge in [0.2, 0.25) is 15.9 Å². The Hall–Kier alpha value is -2.45. The molecule has 0 radical (unpaired) electrons. The fourth-order valence-corrected chi connectivity index (χ4v) is 3.46. The lowest BCUT2D eigenvalue weighted by Gasteiger charge is -2.17. The van der Waals surface area contributed by atoms with Crippen molar-refractivity contribution >= 4 is 21.6 Å². The molecule has 1 amide bonds. The van der Waals surface area contributed by atoms with Gasteiger partial charge in [-0.2, -0.15) is 0 Å². The van der Waals surface area contributed by atoms with Gasteiger partial charge in [0.25, 0.3) is 0 Å². The van der Waals surface area contributed by atoms with Crippen LogP contribution in [0.1, 0.15) is 16.7 Å². The van der Waals surface area contributed by atoms with E-state index in [2.05, 4.69) is 10.6 Å². The minimum absolute atomic E-state index is 0.0554. The van der Waals surface area contributed by atoms with Gasteiger partial charge in [-0.3, -0.25) is 4.79 Å². The summed E-state index contributed by atoms with van der Waals surface area (Å²) in [5.74, 6) is -0.699. The Bertz CT molecular complexity index is 943. The van der Waals surface area contributed by atoms with Crippen LogP contribution in [0.4, 0.5) is 10.1 Å². The van der Waals surface area contributed by atoms with Crippen LogP contribution in [0.5, 0.6) is 0 Å². The number of carbonyl (C=O) groups excluding carboxylic acids is 1. The van der Waals surface area contributed by atoms with Crippen LogP contribution < -0.4 is 10.6 Å². The van der Waals surface area contributed by atoms with E-state index in [9.17, 15) is 17.6 Å². The molecule has 0 aliphatic carbocycles. The summed E-state index contributed by atoms with van der Waals surface area (Å²) in [5, 5.41) is 5.61. The number of nitrogens with zero attached hydrogens (tertiary/aromatic N) is 1. The summed E-state index contributed by atoms with van der Waals surface area (Å²) in [6.45, 7) is 3.69. The molecule has 2 aromatic carbocycles. The number of amides is 1. The smallest absolute Gasteiger partial charge is 0.242 e. The Morgan fingerprint density at radius 3 is 2.44 bits per heavy atom. The van der Waals surface area contributed by atoms with Crippen molar-refractivity contribution in [2.24, 2.45) is 0 Å². The highest BCUT2D eigenvalue weighted by molar-refractivity contribution is 7.89. The van der Waals surface area contributed by atoms with Crippen LogP contribution in [0, 0.1) is 19.7 Å². The lowest BCUT2D eigenvalue weighted by Crippen LogP contribution is -2.30. The van der Waals surface area contributed by atoms with Crippen LogP contribution in [0.2, 0.25) is 0 Å². The number of sulfonamides is 1. The normalized spacial score (nSPS) is 11.5. The number of halogens is 1. The van der Waals surface area contributed by atoms with E-state index in [0.717, 1.165) is 15.4 Å². The Morgan fingerprint density at radius 2 is 1.81 bits per heavy atom. The van der Waals surface area contributed by atoms with E-state index in [0.29, 0.717) is 11.3 Å². The molecule has 0 fully saturated rings. The van der Waals surface area contributed by atoms with Crippen LogP contribution in [0.3, 0.4) is 0 Å². The Kier molecular flexibility index (Phi) is 6.56. The zero-order chi connectivity index (χ0) is 20.2. The standard InChI is InChI=1S/C19H24FN3O3S/c1-13-9-16(27(25,26)23(3)4)10-18(14(13)2)21-12-19(24)22-11-15-7-5-6-8-17(15)20/h5-10,21H,11-12H2,1-4H3,(H,22,24). The topological polar surface area (TPSA) is 78.5 Å². The maximum atomic E-state index is 13.6. The van der Waals surface area contributed by atoms with Gasteiger partial charge in [-0.1, -0.05) is 18.2 Å². The predicted molar refractivity (Wildman–Crippen MR) is 104 cm³/mol. The summed E-state index contributed by atoms with van der Waals surface area (Å²) < 4.78 is 39.4. The van der Waals surface area contributed by atoms with E-state index in [-0.39, 0.29) is 29.7 Å². The molecule has 0 saturated carbocycles. The zero-order valence-electron chi connectivity index (χ0n) is 15.8. The average molecular weight is 393 g/mol. The van der Waals surface area contributed by atoms with E-state index in [4.69, 9.17) is 0 Å².